The number of hydrogen-bond acceptors (Lipinski definition) is 6. The molecule has 0 radical (unpaired) electrons. The van der Waals surface area contributed by atoms with Crippen LogP contribution in [0.4, 0.5) is 0 Å². The summed E-state index contributed by atoms with van der Waals surface area (Å²) in [6.45, 7) is 2.05. The van der Waals surface area contributed by atoms with Crippen molar-refractivity contribution in [2.24, 2.45) is 0 Å². The highest BCUT2D eigenvalue weighted by molar-refractivity contribution is 7.13. The van der Waals surface area contributed by atoms with Crippen molar-refractivity contribution < 1.29 is 9.47 Å². The van der Waals surface area contributed by atoms with Gasteiger partial charge in [-0.2, -0.15) is 0 Å². The molecule has 0 N–H and O–H groups in total. The minimum absolute atomic E-state index is 0.543. The normalized spacial score (nSPS) is 17.5. The number of thiophene rings is 1. The molecule has 1 saturated heterocycles. The van der Waals surface area contributed by atoms with Crippen LogP contribution in [0.3, 0.4) is 0 Å². The monoisotopic (exact) mass is 386 g/mol. The number of likely N-dealkylation sites (tertiary alicyclic amines) is 1. The maximum absolute atomic E-state index is 5.41. The van der Waals surface area contributed by atoms with Crippen molar-refractivity contribution in [3.8, 4) is 22.1 Å². The summed E-state index contributed by atoms with van der Waals surface area (Å²) in [6, 6.07) is 10.9. The molecule has 0 spiro atoms. The molecule has 0 unspecified atom stereocenters. The van der Waals surface area contributed by atoms with Crippen LogP contribution in [0.1, 0.15) is 29.5 Å². The highest BCUT2D eigenvalue weighted by Gasteiger charge is 2.27. The molecule has 3 heterocycles. The van der Waals surface area contributed by atoms with Gasteiger partial charge in [0.05, 0.1) is 19.9 Å². The topological polar surface area (TPSA) is 34.6 Å². The first-order chi connectivity index (χ1) is 12.8. The maximum atomic E-state index is 5.41. The molecule has 3 aromatic rings. The van der Waals surface area contributed by atoms with Crippen LogP contribution in [0, 0.1) is 0 Å². The summed E-state index contributed by atoms with van der Waals surface area (Å²) < 4.78 is 10.7. The highest BCUT2D eigenvalue weighted by atomic mass is 32.1. The Morgan fingerprint density at radius 2 is 2.04 bits per heavy atom. The largest absolute Gasteiger partial charge is 0.493 e. The van der Waals surface area contributed by atoms with Gasteiger partial charge in [0, 0.05) is 28.4 Å². The summed E-state index contributed by atoms with van der Waals surface area (Å²) in [4.78, 5) is 8.90. The van der Waals surface area contributed by atoms with E-state index in [2.05, 4.69) is 27.8 Å². The van der Waals surface area contributed by atoms with Gasteiger partial charge < -0.3 is 9.47 Å². The second-order valence-electron chi connectivity index (χ2n) is 6.36. The predicted octanol–water partition coefficient (Wildman–Crippen LogP) is 5.23. The van der Waals surface area contributed by atoms with Crippen LogP contribution in [0.2, 0.25) is 0 Å². The standard InChI is InChI=1S/C20H22N2O2S2/c1-23-17-8-7-14(11-18(17)24-2)20-21-15(13-26-20)12-22-9-3-5-16(22)19-6-4-10-25-19/h4,6-8,10-11,13,16H,3,5,9,12H2,1-2H3/t16-/m0/s1. The van der Waals surface area contributed by atoms with Crippen LogP contribution in [-0.2, 0) is 6.54 Å². The zero-order chi connectivity index (χ0) is 17.9. The Balaban J connectivity index is 1.51. The fraction of sp³-hybridized carbons (Fsp3) is 0.350. The Hall–Kier alpha value is -1.89. The van der Waals surface area contributed by atoms with E-state index >= 15 is 0 Å². The second-order valence-corrected chi connectivity index (χ2v) is 8.20. The van der Waals surface area contributed by atoms with E-state index in [0.717, 1.165) is 40.9 Å². The number of benzene rings is 1. The van der Waals surface area contributed by atoms with Gasteiger partial charge in [0.15, 0.2) is 11.5 Å². The summed E-state index contributed by atoms with van der Waals surface area (Å²) in [5, 5.41) is 5.37. The number of ether oxygens (including phenoxy) is 2. The van der Waals surface area contributed by atoms with Crippen molar-refractivity contribution in [2.45, 2.75) is 25.4 Å². The SMILES string of the molecule is COc1ccc(-c2nc(CN3CCC[C@H]3c3cccs3)cs2)cc1OC. The highest BCUT2D eigenvalue weighted by Crippen LogP contribution is 2.37. The van der Waals surface area contributed by atoms with E-state index in [0.29, 0.717) is 6.04 Å². The van der Waals surface area contributed by atoms with Crippen molar-refractivity contribution in [3.05, 3.63) is 51.7 Å². The number of nitrogens with zero attached hydrogens (tertiary/aromatic N) is 2. The average molecular weight is 387 g/mol. The molecule has 1 aliphatic heterocycles. The summed E-state index contributed by atoms with van der Waals surface area (Å²) in [5.74, 6) is 1.47. The van der Waals surface area contributed by atoms with Crippen molar-refractivity contribution in [2.75, 3.05) is 20.8 Å². The molecule has 2 aromatic heterocycles. The van der Waals surface area contributed by atoms with Crippen molar-refractivity contribution in [1.29, 1.82) is 0 Å². The first kappa shape index (κ1) is 17.5. The molecule has 0 amide bonds. The molecule has 1 fully saturated rings. The van der Waals surface area contributed by atoms with Gasteiger partial charge in [-0.3, -0.25) is 4.90 Å². The Morgan fingerprint density at radius 3 is 2.81 bits per heavy atom. The van der Waals surface area contributed by atoms with Crippen molar-refractivity contribution in [3.63, 3.8) is 0 Å². The van der Waals surface area contributed by atoms with E-state index in [1.165, 1.54) is 17.7 Å². The zero-order valence-corrected chi connectivity index (χ0v) is 16.6. The first-order valence-electron chi connectivity index (χ1n) is 8.72. The molecule has 136 valence electrons. The van der Waals surface area contributed by atoms with E-state index in [-0.39, 0.29) is 0 Å². The third-order valence-corrected chi connectivity index (χ3v) is 6.70. The zero-order valence-electron chi connectivity index (χ0n) is 15.0. The van der Waals surface area contributed by atoms with Gasteiger partial charge in [-0.15, -0.1) is 22.7 Å². The third-order valence-electron chi connectivity index (χ3n) is 4.78. The lowest BCUT2D eigenvalue weighted by Gasteiger charge is -2.22. The lowest BCUT2D eigenvalue weighted by molar-refractivity contribution is 0.249. The number of aromatic nitrogens is 1. The van der Waals surface area contributed by atoms with Crippen LogP contribution in [-0.4, -0.2) is 30.6 Å². The predicted molar refractivity (Wildman–Crippen MR) is 107 cm³/mol. The maximum Gasteiger partial charge on any atom is 0.161 e. The van der Waals surface area contributed by atoms with E-state index in [1.807, 2.05) is 29.5 Å². The number of methoxy groups -OCH3 is 2. The fourth-order valence-corrected chi connectivity index (χ4v) is 5.21. The molecular weight excluding hydrogens is 364 g/mol. The van der Waals surface area contributed by atoms with E-state index in [1.54, 1.807) is 25.6 Å². The molecule has 0 bridgehead atoms. The summed E-state index contributed by atoms with van der Waals surface area (Å²) in [6.07, 6.45) is 2.50. The van der Waals surface area contributed by atoms with Crippen molar-refractivity contribution in [1.82, 2.24) is 9.88 Å². The van der Waals surface area contributed by atoms with Gasteiger partial charge in [-0.1, -0.05) is 6.07 Å². The van der Waals surface area contributed by atoms with Crippen LogP contribution in [0.5, 0.6) is 11.5 Å². The Bertz CT molecular complexity index is 861. The average Bonchev–Trinajstić information content (AvgIpc) is 3.42. The molecule has 1 aromatic carbocycles. The second kappa shape index (κ2) is 7.78. The van der Waals surface area contributed by atoms with Gasteiger partial charge in [0.25, 0.3) is 0 Å². The van der Waals surface area contributed by atoms with Gasteiger partial charge in [0.2, 0.25) is 0 Å². The van der Waals surface area contributed by atoms with Gasteiger partial charge in [-0.25, -0.2) is 4.98 Å². The minimum Gasteiger partial charge on any atom is -0.493 e. The first-order valence-corrected chi connectivity index (χ1v) is 10.5. The molecular formula is C20H22N2O2S2. The minimum atomic E-state index is 0.543. The molecule has 26 heavy (non-hydrogen) atoms. The van der Waals surface area contributed by atoms with Crippen LogP contribution < -0.4 is 9.47 Å². The lowest BCUT2D eigenvalue weighted by Crippen LogP contribution is -2.22. The molecule has 0 aliphatic carbocycles. The van der Waals surface area contributed by atoms with E-state index < -0.39 is 0 Å². The summed E-state index contributed by atoms with van der Waals surface area (Å²) >= 11 is 3.54. The van der Waals surface area contributed by atoms with Gasteiger partial charge >= 0.3 is 0 Å². The third kappa shape index (κ3) is 3.49. The Kier molecular flexibility index (Phi) is 5.24. The summed E-state index contributed by atoms with van der Waals surface area (Å²) in [7, 11) is 3.31. The number of hydrogen-bond donors (Lipinski definition) is 0. The van der Waals surface area contributed by atoms with Crippen molar-refractivity contribution >= 4 is 22.7 Å². The molecule has 1 atom stereocenters. The molecule has 4 rings (SSSR count). The smallest absolute Gasteiger partial charge is 0.161 e. The van der Waals surface area contributed by atoms with Gasteiger partial charge in [-0.05, 0) is 49.0 Å². The fourth-order valence-electron chi connectivity index (χ4n) is 3.51. The molecule has 6 heteroatoms. The van der Waals surface area contributed by atoms with E-state index in [9.17, 15) is 0 Å². The van der Waals surface area contributed by atoms with Crippen LogP contribution in [0.25, 0.3) is 10.6 Å². The summed E-state index contributed by atoms with van der Waals surface area (Å²) in [5.41, 5.74) is 2.21. The number of rotatable bonds is 6. The quantitative estimate of drug-likeness (QED) is 0.581. The van der Waals surface area contributed by atoms with Gasteiger partial charge in [0.1, 0.15) is 5.01 Å². The van der Waals surface area contributed by atoms with E-state index in [4.69, 9.17) is 14.5 Å². The number of thiazole rings is 1. The molecule has 4 nitrogen and oxygen atoms in total. The Morgan fingerprint density at radius 1 is 1.15 bits per heavy atom. The molecule has 1 aliphatic rings. The molecule has 0 saturated carbocycles. The lowest BCUT2D eigenvalue weighted by atomic mass is 10.2. The van der Waals surface area contributed by atoms with Crippen LogP contribution in [0.15, 0.2) is 41.1 Å². The Labute approximate surface area is 162 Å². The van der Waals surface area contributed by atoms with Crippen LogP contribution >= 0.6 is 22.7 Å².